The van der Waals surface area contributed by atoms with E-state index in [0.717, 1.165) is 17.0 Å². The second-order valence-electron chi connectivity index (χ2n) is 5.06. The number of ether oxygens (including phenoxy) is 1. The van der Waals surface area contributed by atoms with Gasteiger partial charge >= 0.3 is 0 Å². The van der Waals surface area contributed by atoms with Crippen LogP contribution in [0.25, 0.3) is 6.08 Å². The number of amides is 1. The van der Waals surface area contributed by atoms with Crippen molar-refractivity contribution in [1.29, 1.82) is 0 Å². The molecule has 0 bridgehead atoms. The molecule has 0 atom stereocenters. The van der Waals surface area contributed by atoms with Crippen LogP contribution >= 0.6 is 11.6 Å². The molecule has 1 heterocycles. The van der Waals surface area contributed by atoms with Gasteiger partial charge in [-0.1, -0.05) is 23.7 Å². The average Bonchev–Trinajstić information content (AvgIpc) is 2.93. The van der Waals surface area contributed by atoms with Crippen LogP contribution < -0.4 is 4.74 Å². The van der Waals surface area contributed by atoms with Gasteiger partial charge in [0.25, 0.3) is 0 Å². The number of methoxy groups -OCH3 is 1. The van der Waals surface area contributed by atoms with Gasteiger partial charge in [-0.3, -0.25) is 9.48 Å². The van der Waals surface area contributed by atoms with Gasteiger partial charge in [-0.15, -0.1) is 0 Å². The largest absolute Gasteiger partial charge is 0.497 e. The minimum atomic E-state index is -0.0965. The van der Waals surface area contributed by atoms with E-state index < -0.39 is 0 Å². The van der Waals surface area contributed by atoms with E-state index in [1.165, 1.54) is 0 Å². The maximum Gasteiger partial charge on any atom is 0.246 e. The van der Waals surface area contributed by atoms with Crippen LogP contribution in [0.4, 0.5) is 0 Å². The summed E-state index contributed by atoms with van der Waals surface area (Å²) in [6.07, 6.45) is 4.92. The summed E-state index contributed by atoms with van der Waals surface area (Å²) < 4.78 is 6.90. The molecule has 0 saturated carbocycles. The molecule has 2 rings (SSSR count). The highest BCUT2D eigenvalue weighted by atomic mass is 35.5. The first-order chi connectivity index (χ1) is 11.0. The van der Waals surface area contributed by atoms with E-state index in [0.29, 0.717) is 18.1 Å². The molecule has 0 aliphatic rings. The molecule has 5 nitrogen and oxygen atoms in total. The minimum absolute atomic E-state index is 0.0965. The van der Waals surface area contributed by atoms with Crippen LogP contribution in [0.2, 0.25) is 5.02 Å². The van der Waals surface area contributed by atoms with Crippen molar-refractivity contribution in [1.82, 2.24) is 14.7 Å². The van der Waals surface area contributed by atoms with Crippen molar-refractivity contribution in [3.8, 4) is 5.75 Å². The topological polar surface area (TPSA) is 47.4 Å². The lowest BCUT2D eigenvalue weighted by Gasteiger charge is -2.16. The number of carbonyl (C=O) groups is 1. The SMILES string of the molecule is CCn1ncc(Cl)c1CN(C)C(=O)/C=C/c1ccc(OC)cc1. The molecule has 0 saturated heterocycles. The van der Waals surface area contributed by atoms with E-state index in [9.17, 15) is 4.79 Å². The summed E-state index contributed by atoms with van der Waals surface area (Å²) in [6.45, 7) is 3.11. The van der Waals surface area contributed by atoms with E-state index in [4.69, 9.17) is 16.3 Å². The Morgan fingerprint density at radius 2 is 2.09 bits per heavy atom. The zero-order valence-corrected chi connectivity index (χ0v) is 14.2. The summed E-state index contributed by atoms with van der Waals surface area (Å²) in [6, 6.07) is 7.50. The number of benzene rings is 1. The van der Waals surface area contributed by atoms with Crippen molar-refractivity contribution < 1.29 is 9.53 Å². The van der Waals surface area contributed by atoms with Crippen molar-refractivity contribution in [2.45, 2.75) is 20.0 Å². The first-order valence-corrected chi connectivity index (χ1v) is 7.70. The predicted molar refractivity (Wildman–Crippen MR) is 91.4 cm³/mol. The van der Waals surface area contributed by atoms with Gasteiger partial charge in [0.1, 0.15) is 5.75 Å². The number of aryl methyl sites for hydroxylation is 1. The van der Waals surface area contributed by atoms with Gasteiger partial charge in [0.05, 0.1) is 30.6 Å². The standard InChI is InChI=1S/C17H20ClN3O2/c1-4-21-16(15(18)11-19-21)12-20(2)17(22)10-7-13-5-8-14(23-3)9-6-13/h5-11H,4,12H2,1-3H3/b10-7+. The third-order valence-corrected chi connectivity index (χ3v) is 3.81. The van der Waals surface area contributed by atoms with Gasteiger partial charge in [0.15, 0.2) is 0 Å². The van der Waals surface area contributed by atoms with E-state index in [2.05, 4.69) is 5.10 Å². The Labute approximate surface area is 141 Å². The number of hydrogen-bond donors (Lipinski definition) is 0. The monoisotopic (exact) mass is 333 g/mol. The Balaban J connectivity index is 2.01. The summed E-state index contributed by atoms with van der Waals surface area (Å²) in [5.41, 5.74) is 1.77. The number of halogens is 1. The third-order valence-electron chi connectivity index (χ3n) is 3.49. The molecule has 0 unspecified atom stereocenters. The van der Waals surface area contributed by atoms with Crippen LogP contribution in [0, 0.1) is 0 Å². The zero-order valence-electron chi connectivity index (χ0n) is 13.5. The van der Waals surface area contributed by atoms with E-state index in [-0.39, 0.29) is 5.91 Å². The Morgan fingerprint density at radius 3 is 2.70 bits per heavy atom. The molecule has 1 aromatic heterocycles. The Hall–Kier alpha value is -2.27. The van der Waals surface area contributed by atoms with Crippen LogP contribution in [0.15, 0.2) is 36.5 Å². The highest BCUT2D eigenvalue weighted by Crippen LogP contribution is 2.17. The van der Waals surface area contributed by atoms with Gasteiger partial charge in [-0.05, 0) is 30.7 Å². The fraction of sp³-hybridized carbons (Fsp3) is 0.294. The first kappa shape index (κ1) is 17.1. The van der Waals surface area contributed by atoms with E-state index in [1.807, 2.05) is 31.2 Å². The number of carbonyl (C=O) groups excluding carboxylic acids is 1. The maximum atomic E-state index is 12.2. The van der Waals surface area contributed by atoms with Crippen LogP contribution in [0.3, 0.4) is 0 Å². The van der Waals surface area contributed by atoms with Crippen molar-refractivity contribution in [2.75, 3.05) is 14.2 Å². The zero-order chi connectivity index (χ0) is 16.8. The van der Waals surface area contributed by atoms with Gasteiger partial charge < -0.3 is 9.64 Å². The molecule has 1 amide bonds. The summed E-state index contributed by atoms with van der Waals surface area (Å²) in [5.74, 6) is 0.689. The second kappa shape index (κ2) is 7.83. The fourth-order valence-electron chi connectivity index (χ4n) is 2.13. The van der Waals surface area contributed by atoms with Crippen molar-refractivity contribution in [2.24, 2.45) is 0 Å². The Kier molecular flexibility index (Phi) is 5.82. The molecule has 0 aliphatic heterocycles. The number of hydrogen-bond acceptors (Lipinski definition) is 3. The molecule has 122 valence electrons. The number of aromatic nitrogens is 2. The smallest absolute Gasteiger partial charge is 0.246 e. The quantitative estimate of drug-likeness (QED) is 0.762. The fourth-order valence-corrected chi connectivity index (χ4v) is 2.33. The lowest BCUT2D eigenvalue weighted by Crippen LogP contribution is -2.25. The van der Waals surface area contributed by atoms with Crippen LogP contribution in [0.1, 0.15) is 18.2 Å². The summed E-state index contributed by atoms with van der Waals surface area (Å²) >= 11 is 6.12. The van der Waals surface area contributed by atoms with E-state index >= 15 is 0 Å². The molecule has 0 aliphatic carbocycles. The Bertz CT molecular complexity index is 692. The predicted octanol–water partition coefficient (Wildman–Crippen LogP) is 3.24. The lowest BCUT2D eigenvalue weighted by molar-refractivity contribution is -0.125. The molecule has 1 aromatic carbocycles. The second-order valence-corrected chi connectivity index (χ2v) is 5.46. The van der Waals surface area contributed by atoms with Crippen molar-refractivity contribution in [3.05, 3.63) is 52.8 Å². The average molecular weight is 334 g/mol. The van der Waals surface area contributed by atoms with E-state index in [1.54, 1.807) is 42.1 Å². The number of nitrogens with zero attached hydrogens (tertiary/aromatic N) is 3. The number of likely N-dealkylation sites (N-methyl/N-ethyl adjacent to an activating group) is 1. The van der Waals surface area contributed by atoms with Gasteiger partial charge in [-0.2, -0.15) is 5.10 Å². The molecule has 2 aromatic rings. The minimum Gasteiger partial charge on any atom is -0.497 e. The van der Waals surface area contributed by atoms with Gasteiger partial charge in [-0.25, -0.2) is 0 Å². The highest BCUT2D eigenvalue weighted by molar-refractivity contribution is 6.31. The molecular formula is C17H20ClN3O2. The highest BCUT2D eigenvalue weighted by Gasteiger charge is 2.13. The van der Waals surface area contributed by atoms with Crippen LogP contribution in [-0.4, -0.2) is 34.7 Å². The molecule has 6 heteroatoms. The Morgan fingerprint density at radius 1 is 1.39 bits per heavy atom. The molecule has 0 N–H and O–H groups in total. The lowest BCUT2D eigenvalue weighted by atomic mass is 10.2. The summed E-state index contributed by atoms with van der Waals surface area (Å²) in [5, 5.41) is 4.75. The first-order valence-electron chi connectivity index (χ1n) is 7.32. The summed E-state index contributed by atoms with van der Waals surface area (Å²) in [7, 11) is 3.36. The maximum absolute atomic E-state index is 12.2. The van der Waals surface area contributed by atoms with Crippen molar-refractivity contribution in [3.63, 3.8) is 0 Å². The molecule has 23 heavy (non-hydrogen) atoms. The molecular weight excluding hydrogens is 314 g/mol. The molecule has 0 fully saturated rings. The third kappa shape index (κ3) is 4.36. The van der Waals surface area contributed by atoms with Gasteiger partial charge in [0, 0.05) is 19.7 Å². The summed E-state index contributed by atoms with van der Waals surface area (Å²) in [4.78, 5) is 13.8. The normalized spacial score (nSPS) is 11.0. The van der Waals surface area contributed by atoms with Crippen LogP contribution in [0.5, 0.6) is 5.75 Å². The van der Waals surface area contributed by atoms with Crippen molar-refractivity contribution >= 4 is 23.6 Å². The van der Waals surface area contributed by atoms with Crippen LogP contribution in [-0.2, 0) is 17.9 Å². The van der Waals surface area contributed by atoms with Gasteiger partial charge in [0.2, 0.25) is 5.91 Å². The molecule has 0 spiro atoms. The number of rotatable bonds is 6. The molecule has 0 radical (unpaired) electrons.